The summed E-state index contributed by atoms with van der Waals surface area (Å²) in [6, 6.07) is 7.92. The number of anilines is 2. The molecule has 0 saturated heterocycles. The van der Waals surface area contributed by atoms with Crippen molar-refractivity contribution >= 4 is 17.5 Å². The van der Waals surface area contributed by atoms with Gasteiger partial charge in [0.25, 0.3) is 0 Å². The Morgan fingerprint density at radius 1 is 1.22 bits per heavy atom. The first-order valence-corrected chi connectivity index (χ1v) is 9.05. The molecule has 0 aliphatic carbocycles. The Hall–Kier alpha value is -3.22. The molecule has 0 fully saturated rings. The van der Waals surface area contributed by atoms with E-state index in [0.29, 0.717) is 18.1 Å². The van der Waals surface area contributed by atoms with Gasteiger partial charge in [-0.3, -0.25) is 9.48 Å². The predicted molar refractivity (Wildman–Crippen MR) is 106 cm³/mol. The number of aromatic nitrogens is 4. The fourth-order valence-electron chi connectivity index (χ4n) is 2.91. The molecule has 1 atom stereocenters. The Bertz CT molecular complexity index is 932. The van der Waals surface area contributed by atoms with Gasteiger partial charge < -0.3 is 11.1 Å². The SMILES string of the molecule is CCc1ccc(-c2nc(Nc3cnn(C(CC)C(N)=O)c3)ncc2C)cc1. The molecule has 2 aromatic heterocycles. The average molecular weight is 364 g/mol. The Kier molecular flexibility index (Phi) is 5.49. The first-order valence-electron chi connectivity index (χ1n) is 9.05. The van der Waals surface area contributed by atoms with Crippen LogP contribution in [0.15, 0.2) is 42.9 Å². The summed E-state index contributed by atoms with van der Waals surface area (Å²) in [4.78, 5) is 20.5. The molecule has 0 saturated carbocycles. The van der Waals surface area contributed by atoms with E-state index in [1.807, 2.05) is 13.8 Å². The van der Waals surface area contributed by atoms with Gasteiger partial charge in [0.15, 0.2) is 0 Å². The maximum absolute atomic E-state index is 11.5. The van der Waals surface area contributed by atoms with Crippen LogP contribution >= 0.6 is 0 Å². The van der Waals surface area contributed by atoms with Crippen molar-refractivity contribution in [2.45, 2.75) is 39.7 Å². The van der Waals surface area contributed by atoms with Crippen molar-refractivity contribution in [3.8, 4) is 11.3 Å². The van der Waals surface area contributed by atoms with E-state index in [1.54, 1.807) is 23.3 Å². The largest absolute Gasteiger partial charge is 0.368 e. The lowest BCUT2D eigenvalue weighted by Gasteiger charge is -2.11. The number of hydrogen-bond acceptors (Lipinski definition) is 5. The maximum atomic E-state index is 11.5. The molecular weight excluding hydrogens is 340 g/mol. The van der Waals surface area contributed by atoms with E-state index in [1.165, 1.54) is 5.56 Å². The summed E-state index contributed by atoms with van der Waals surface area (Å²) >= 11 is 0. The molecule has 3 rings (SSSR count). The van der Waals surface area contributed by atoms with Gasteiger partial charge in [-0.15, -0.1) is 0 Å². The number of carbonyl (C=O) groups excluding carboxylic acids is 1. The zero-order valence-corrected chi connectivity index (χ0v) is 15.8. The monoisotopic (exact) mass is 364 g/mol. The summed E-state index contributed by atoms with van der Waals surface area (Å²) in [5.41, 5.74) is 10.3. The molecule has 7 heteroatoms. The lowest BCUT2D eigenvalue weighted by Crippen LogP contribution is -2.26. The first kappa shape index (κ1) is 18.6. The van der Waals surface area contributed by atoms with Crippen molar-refractivity contribution in [3.63, 3.8) is 0 Å². The summed E-state index contributed by atoms with van der Waals surface area (Å²) in [5, 5.41) is 7.36. The van der Waals surface area contributed by atoms with Crippen molar-refractivity contribution in [3.05, 3.63) is 54.0 Å². The van der Waals surface area contributed by atoms with Gasteiger partial charge in [-0.05, 0) is 30.9 Å². The maximum Gasteiger partial charge on any atom is 0.242 e. The van der Waals surface area contributed by atoms with Crippen LogP contribution < -0.4 is 11.1 Å². The van der Waals surface area contributed by atoms with Crippen LogP contribution in [0.5, 0.6) is 0 Å². The van der Waals surface area contributed by atoms with Crippen LogP contribution in [-0.2, 0) is 11.2 Å². The third kappa shape index (κ3) is 4.13. The summed E-state index contributed by atoms with van der Waals surface area (Å²) in [6.07, 6.45) is 6.74. The van der Waals surface area contributed by atoms with Crippen LogP contribution in [0, 0.1) is 6.92 Å². The van der Waals surface area contributed by atoms with Crippen LogP contribution in [0.3, 0.4) is 0 Å². The van der Waals surface area contributed by atoms with Crippen molar-refractivity contribution in [2.75, 3.05) is 5.32 Å². The van der Waals surface area contributed by atoms with E-state index in [0.717, 1.165) is 23.2 Å². The summed E-state index contributed by atoms with van der Waals surface area (Å²) in [6.45, 7) is 6.02. The van der Waals surface area contributed by atoms with Gasteiger partial charge in [-0.1, -0.05) is 38.1 Å². The molecule has 0 bridgehead atoms. The van der Waals surface area contributed by atoms with E-state index in [2.05, 4.69) is 51.6 Å². The Balaban J connectivity index is 1.84. The van der Waals surface area contributed by atoms with E-state index in [9.17, 15) is 4.79 Å². The molecule has 3 aromatic rings. The van der Waals surface area contributed by atoms with Crippen LogP contribution in [0.1, 0.15) is 37.4 Å². The number of aryl methyl sites for hydroxylation is 2. The van der Waals surface area contributed by atoms with Gasteiger partial charge in [-0.2, -0.15) is 5.10 Å². The van der Waals surface area contributed by atoms with Gasteiger partial charge in [0.1, 0.15) is 6.04 Å². The van der Waals surface area contributed by atoms with Crippen molar-refractivity contribution in [1.82, 2.24) is 19.7 Å². The Labute approximate surface area is 158 Å². The molecule has 1 amide bonds. The Morgan fingerprint density at radius 3 is 2.59 bits per heavy atom. The fourth-order valence-corrected chi connectivity index (χ4v) is 2.91. The zero-order valence-electron chi connectivity index (χ0n) is 15.8. The highest BCUT2D eigenvalue weighted by atomic mass is 16.1. The number of nitrogens with zero attached hydrogens (tertiary/aromatic N) is 4. The smallest absolute Gasteiger partial charge is 0.242 e. The lowest BCUT2D eigenvalue weighted by molar-refractivity contribution is -0.121. The molecular formula is C20H24N6O. The van der Waals surface area contributed by atoms with E-state index in [-0.39, 0.29) is 0 Å². The van der Waals surface area contributed by atoms with Gasteiger partial charge in [0.05, 0.1) is 17.6 Å². The minimum Gasteiger partial charge on any atom is -0.368 e. The molecule has 0 radical (unpaired) electrons. The zero-order chi connectivity index (χ0) is 19.4. The topological polar surface area (TPSA) is 98.7 Å². The highest BCUT2D eigenvalue weighted by Gasteiger charge is 2.16. The number of benzene rings is 1. The van der Waals surface area contributed by atoms with E-state index in [4.69, 9.17) is 5.73 Å². The molecule has 1 aromatic carbocycles. The molecule has 0 aliphatic rings. The number of nitrogens with one attached hydrogen (secondary N) is 1. The molecule has 3 N–H and O–H groups in total. The van der Waals surface area contributed by atoms with Gasteiger partial charge in [0, 0.05) is 18.0 Å². The summed E-state index contributed by atoms with van der Waals surface area (Å²) < 4.78 is 1.56. The Morgan fingerprint density at radius 2 is 1.96 bits per heavy atom. The number of carbonyl (C=O) groups is 1. The molecule has 0 aliphatic heterocycles. The first-order chi connectivity index (χ1) is 13.0. The van der Waals surface area contributed by atoms with Crippen molar-refractivity contribution in [1.29, 1.82) is 0 Å². The second kappa shape index (κ2) is 7.99. The number of amides is 1. The molecule has 7 nitrogen and oxygen atoms in total. The van der Waals surface area contributed by atoms with E-state index < -0.39 is 11.9 Å². The normalized spacial score (nSPS) is 12.0. The average Bonchev–Trinajstić information content (AvgIpc) is 3.11. The van der Waals surface area contributed by atoms with E-state index >= 15 is 0 Å². The molecule has 2 heterocycles. The predicted octanol–water partition coefficient (Wildman–Crippen LogP) is 3.39. The number of rotatable bonds is 7. The van der Waals surface area contributed by atoms with Gasteiger partial charge in [0.2, 0.25) is 11.9 Å². The molecule has 140 valence electrons. The summed E-state index contributed by atoms with van der Waals surface area (Å²) in [7, 11) is 0. The van der Waals surface area contributed by atoms with Gasteiger partial charge >= 0.3 is 0 Å². The minimum atomic E-state index is -0.466. The highest BCUT2D eigenvalue weighted by molar-refractivity contribution is 5.78. The third-order valence-electron chi connectivity index (χ3n) is 4.50. The fraction of sp³-hybridized carbons (Fsp3) is 0.300. The molecule has 27 heavy (non-hydrogen) atoms. The van der Waals surface area contributed by atoms with Gasteiger partial charge in [-0.25, -0.2) is 9.97 Å². The number of hydrogen-bond donors (Lipinski definition) is 2. The van der Waals surface area contributed by atoms with Crippen molar-refractivity contribution < 1.29 is 4.79 Å². The second-order valence-electron chi connectivity index (χ2n) is 6.44. The number of primary amides is 1. The molecule has 1 unspecified atom stereocenters. The third-order valence-corrected chi connectivity index (χ3v) is 4.50. The minimum absolute atomic E-state index is 0.406. The van der Waals surface area contributed by atoms with Crippen LogP contribution in [0.2, 0.25) is 0 Å². The summed E-state index contributed by atoms with van der Waals surface area (Å²) in [5.74, 6) is 0.0680. The molecule has 0 spiro atoms. The highest BCUT2D eigenvalue weighted by Crippen LogP contribution is 2.24. The standard InChI is InChI=1S/C20H24N6O/c1-4-14-6-8-15(9-7-14)18-13(3)10-22-20(25-18)24-16-11-23-26(12-16)17(5-2)19(21)27/h6-12,17H,4-5H2,1-3H3,(H2,21,27)(H,22,24,25). The lowest BCUT2D eigenvalue weighted by atomic mass is 10.1. The van der Waals surface area contributed by atoms with Crippen LogP contribution in [0.4, 0.5) is 11.6 Å². The quantitative estimate of drug-likeness (QED) is 0.669. The van der Waals surface area contributed by atoms with Crippen molar-refractivity contribution in [2.24, 2.45) is 5.73 Å². The van der Waals surface area contributed by atoms with Crippen LogP contribution in [-0.4, -0.2) is 25.7 Å². The van der Waals surface area contributed by atoms with Crippen LogP contribution in [0.25, 0.3) is 11.3 Å². The number of nitrogens with two attached hydrogens (primary N) is 1. The second-order valence-corrected chi connectivity index (χ2v) is 6.44.